The Morgan fingerprint density at radius 3 is 2.94 bits per heavy atom. The van der Waals surface area contributed by atoms with E-state index in [1.807, 2.05) is 6.92 Å². The zero-order valence-electron chi connectivity index (χ0n) is 9.33. The fourth-order valence-corrected chi connectivity index (χ4v) is 1.30. The van der Waals surface area contributed by atoms with Gasteiger partial charge in [-0.2, -0.15) is 0 Å². The lowest BCUT2D eigenvalue weighted by Crippen LogP contribution is -2.32. The third-order valence-electron chi connectivity index (χ3n) is 2.17. The number of likely N-dealkylation sites (N-methyl/N-ethyl adjacent to an activating group) is 1. The van der Waals surface area contributed by atoms with Crippen LogP contribution in [0.1, 0.15) is 6.92 Å². The second-order valence-electron chi connectivity index (χ2n) is 3.36. The molecule has 0 aliphatic heterocycles. The first-order valence-electron chi connectivity index (χ1n) is 4.93. The molecule has 1 heterocycles. The van der Waals surface area contributed by atoms with Crippen molar-refractivity contribution in [3.63, 3.8) is 0 Å². The smallest absolute Gasteiger partial charge is 0.241 e. The number of halogens is 1. The van der Waals surface area contributed by atoms with Gasteiger partial charge in [-0.25, -0.2) is 4.98 Å². The van der Waals surface area contributed by atoms with Crippen LogP contribution < -0.4 is 11.1 Å². The van der Waals surface area contributed by atoms with Crippen molar-refractivity contribution in [2.45, 2.75) is 6.92 Å². The van der Waals surface area contributed by atoms with Gasteiger partial charge in [0.1, 0.15) is 5.82 Å². The summed E-state index contributed by atoms with van der Waals surface area (Å²) in [5, 5.41) is 3.27. The number of anilines is 2. The molecule has 6 heteroatoms. The molecule has 0 spiro atoms. The second kappa shape index (κ2) is 5.55. The molecule has 1 aromatic heterocycles. The van der Waals surface area contributed by atoms with Gasteiger partial charge >= 0.3 is 0 Å². The fourth-order valence-electron chi connectivity index (χ4n) is 1.05. The number of pyridine rings is 1. The number of nitrogens with two attached hydrogens (primary N) is 1. The molecule has 16 heavy (non-hydrogen) atoms. The number of amides is 1. The molecule has 0 bridgehead atoms. The molecule has 3 N–H and O–H groups in total. The summed E-state index contributed by atoms with van der Waals surface area (Å²) in [5.41, 5.74) is 6.00. The first kappa shape index (κ1) is 12.6. The summed E-state index contributed by atoms with van der Waals surface area (Å²) in [6.07, 6.45) is 1.49. The van der Waals surface area contributed by atoms with Crippen molar-refractivity contribution in [2.75, 3.05) is 31.2 Å². The Morgan fingerprint density at radius 1 is 1.69 bits per heavy atom. The van der Waals surface area contributed by atoms with E-state index in [1.54, 1.807) is 18.0 Å². The van der Waals surface area contributed by atoms with Gasteiger partial charge in [-0.1, -0.05) is 11.6 Å². The molecule has 0 unspecified atom stereocenters. The minimum Gasteiger partial charge on any atom is -0.397 e. The number of hydrogen-bond donors (Lipinski definition) is 2. The number of hydrogen-bond acceptors (Lipinski definition) is 4. The summed E-state index contributed by atoms with van der Waals surface area (Å²) in [6.45, 7) is 2.75. The van der Waals surface area contributed by atoms with Crippen LogP contribution in [-0.4, -0.2) is 35.9 Å². The van der Waals surface area contributed by atoms with Crippen molar-refractivity contribution >= 4 is 29.0 Å². The number of carbonyl (C=O) groups excluding carboxylic acids is 1. The average Bonchev–Trinajstić information content (AvgIpc) is 2.26. The van der Waals surface area contributed by atoms with Crippen LogP contribution in [0.3, 0.4) is 0 Å². The summed E-state index contributed by atoms with van der Waals surface area (Å²) in [7, 11) is 1.74. The molecular weight excluding hydrogens is 228 g/mol. The molecule has 1 amide bonds. The molecule has 0 saturated heterocycles. The van der Waals surface area contributed by atoms with Crippen LogP contribution in [0.4, 0.5) is 11.5 Å². The van der Waals surface area contributed by atoms with E-state index < -0.39 is 0 Å². The van der Waals surface area contributed by atoms with E-state index >= 15 is 0 Å². The predicted molar refractivity (Wildman–Crippen MR) is 65.5 cm³/mol. The minimum absolute atomic E-state index is 0.0165. The van der Waals surface area contributed by atoms with Gasteiger partial charge in [-0.3, -0.25) is 4.79 Å². The number of rotatable bonds is 4. The van der Waals surface area contributed by atoms with Crippen LogP contribution in [0.5, 0.6) is 0 Å². The molecule has 0 aromatic carbocycles. The Labute approximate surface area is 99.6 Å². The van der Waals surface area contributed by atoms with Gasteiger partial charge in [0.05, 0.1) is 23.5 Å². The molecule has 0 fully saturated rings. The summed E-state index contributed by atoms with van der Waals surface area (Å²) < 4.78 is 0. The Balaban J connectivity index is 2.58. The predicted octanol–water partition coefficient (Wildman–Crippen LogP) is 1.21. The zero-order valence-corrected chi connectivity index (χ0v) is 10.1. The first-order chi connectivity index (χ1) is 7.54. The lowest BCUT2D eigenvalue weighted by molar-refractivity contribution is -0.127. The maximum absolute atomic E-state index is 11.5. The quantitative estimate of drug-likeness (QED) is 0.833. The molecule has 0 saturated carbocycles. The number of carbonyl (C=O) groups is 1. The van der Waals surface area contributed by atoms with Crippen molar-refractivity contribution in [1.82, 2.24) is 9.88 Å². The lowest BCUT2D eigenvalue weighted by atomic mass is 10.4. The Kier molecular flexibility index (Phi) is 4.37. The summed E-state index contributed by atoms with van der Waals surface area (Å²) >= 11 is 5.90. The Bertz CT molecular complexity index is 383. The highest BCUT2D eigenvalue weighted by Crippen LogP contribution is 2.20. The van der Waals surface area contributed by atoms with Crippen LogP contribution in [0, 0.1) is 0 Å². The van der Waals surface area contributed by atoms with Crippen LogP contribution >= 0.6 is 11.6 Å². The Hall–Kier alpha value is -1.49. The standard InChI is InChI=1S/C10H15ClN4O/c1-3-15(2)9(16)6-14-10-8(11)4-7(12)5-13-10/h4-5H,3,6,12H2,1-2H3,(H,13,14). The molecule has 1 aromatic rings. The monoisotopic (exact) mass is 242 g/mol. The molecule has 0 aliphatic rings. The molecule has 1 rings (SSSR count). The van der Waals surface area contributed by atoms with Crippen LogP contribution in [-0.2, 0) is 4.79 Å². The van der Waals surface area contributed by atoms with Crippen LogP contribution in [0.2, 0.25) is 5.02 Å². The second-order valence-corrected chi connectivity index (χ2v) is 3.77. The summed E-state index contributed by atoms with van der Waals surface area (Å²) in [5.74, 6) is 0.450. The fraction of sp³-hybridized carbons (Fsp3) is 0.400. The highest BCUT2D eigenvalue weighted by atomic mass is 35.5. The van der Waals surface area contributed by atoms with Crippen molar-refractivity contribution in [2.24, 2.45) is 0 Å². The van der Waals surface area contributed by atoms with Gasteiger partial charge in [0.25, 0.3) is 0 Å². The van der Waals surface area contributed by atoms with E-state index in [1.165, 1.54) is 6.20 Å². The largest absolute Gasteiger partial charge is 0.397 e. The Morgan fingerprint density at radius 2 is 2.38 bits per heavy atom. The van der Waals surface area contributed by atoms with Crippen LogP contribution in [0.15, 0.2) is 12.3 Å². The highest BCUT2D eigenvalue weighted by Gasteiger charge is 2.08. The van der Waals surface area contributed by atoms with E-state index in [-0.39, 0.29) is 12.5 Å². The maximum atomic E-state index is 11.5. The third-order valence-corrected chi connectivity index (χ3v) is 2.46. The van der Waals surface area contributed by atoms with E-state index in [0.717, 1.165) is 0 Å². The number of aromatic nitrogens is 1. The first-order valence-corrected chi connectivity index (χ1v) is 5.31. The minimum atomic E-state index is -0.0165. The normalized spacial score (nSPS) is 9.94. The molecule has 0 aliphatic carbocycles. The van der Waals surface area contributed by atoms with E-state index in [4.69, 9.17) is 17.3 Å². The SMILES string of the molecule is CCN(C)C(=O)CNc1ncc(N)cc1Cl. The van der Waals surface area contributed by atoms with E-state index in [2.05, 4.69) is 10.3 Å². The molecule has 5 nitrogen and oxygen atoms in total. The number of nitrogens with zero attached hydrogens (tertiary/aromatic N) is 2. The van der Waals surface area contributed by atoms with Gasteiger partial charge < -0.3 is 16.0 Å². The van der Waals surface area contributed by atoms with Gasteiger partial charge in [-0.15, -0.1) is 0 Å². The van der Waals surface area contributed by atoms with Crippen molar-refractivity contribution < 1.29 is 4.79 Å². The number of nitrogens with one attached hydrogen (secondary N) is 1. The van der Waals surface area contributed by atoms with E-state index in [0.29, 0.717) is 23.1 Å². The topological polar surface area (TPSA) is 71.2 Å². The van der Waals surface area contributed by atoms with Crippen molar-refractivity contribution in [1.29, 1.82) is 0 Å². The van der Waals surface area contributed by atoms with Crippen molar-refractivity contribution in [3.8, 4) is 0 Å². The lowest BCUT2D eigenvalue weighted by Gasteiger charge is -2.15. The molecular formula is C10H15ClN4O. The van der Waals surface area contributed by atoms with Crippen LogP contribution in [0.25, 0.3) is 0 Å². The zero-order chi connectivity index (χ0) is 12.1. The highest BCUT2D eigenvalue weighted by molar-refractivity contribution is 6.33. The average molecular weight is 243 g/mol. The molecule has 0 radical (unpaired) electrons. The van der Waals surface area contributed by atoms with Gasteiger partial charge in [0, 0.05) is 13.6 Å². The summed E-state index contributed by atoms with van der Waals surface area (Å²) in [4.78, 5) is 17.1. The third kappa shape index (κ3) is 3.27. The number of nitrogen functional groups attached to an aromatic ring is 1. The summed E-state index contributed by atoms with van der Waals surface area (Å²) in [6, 6.07) is 1.59. The van der Waals surface area contributed by atoms with E-state index in [9.17, 15) is 4.79 Å². The maximum Gasteiger partial charge on any atom is 0.241 e. The van der Waals surface area contributed by atoms with Gasteiger partial charge in [-0.05, 0) is 13.0 Å². The van der Waals surface area contributed by atoms with Crippen molar-refractivity contribution in [3.05, 3.63) is 17.3 Å². The van der Waals surface area contributed by atoms with Gasteiger partial charge in [0.15, 0.2) is 0 Å². The molecule has 88 valence electrons. The van der Waals surface area contributed by atoms with Gasteiger partial charge in [0.2, 0.25) is 5.91 Å². The molecule has 0 atom stereocenters.